The van der Waals surface area contributed by atoms with Crippen molar-refractivity contribution in [3.05, 3.63) is 95.6 Å². The molecule has 3 N–H and O–H groups in total. The standard InChI is InChI=1S/C26H25NO2/c28-19-18-27(20-21-10-2-1-3-11-21)17-9-8-16-26(29)24-14-6-4-12-22(24)23-13-5-7-15-25(23)26/h1-7,10-15,28-29H,16-20H2/p+1. The Bertz CT molecular complexity index is 988. The third-order valence-electron chi connectivity index (χ3n) is 5.61. The highest BCUT2D eigenvalue weighted by Crippen LogP contribution is 2.48. The predicted octanol–water partition coefficient (Wildman–Crippen LogP) is 2.37. The zero-order valence-corrected chi connectivity index (χ0v) is 16.4. The molecule has 1 aliphatic rings. The van der Waals surface area contributed by atoms with Gasteiger partial charge >= 0.3 is 0 Å². The van der Waals surface area contributed by atoms with Crippen LogP contribution >= 0.6 is 0 Å². The molecule has 0 saturated heterocycles. The van der Waals surface area contributed by atoms with Crippen molar-refractivity contribution in [2.75, 3.05) is 19.7 Å². The maximum absolute atomic E-state index is 11.6. The highest BCUT2D eigenvalue weighted by atomic mass is 16.3. The second-order valence-corrected chi connectivity index (χ2v) is 7.54. The molecule has 0 heterocycles. The lowest BCUT2D eigenvalue weighted by Gasteiger charge is -2.23. The molecular formula is C26H26NO2+. The van der Waals surface area contributed by atoms with Crippen LogP contribution in [-0.2, 0) is 12.1 Å². The number of nitrogens with one attached hydrogen (secondary N) is 1. The summed E-state index contributed by atoms with van der Waals surface area (Å²) >= 11 is 0. The van der Waals surface area contributed by atoms with Crippen molar-refractivity contribution in [1.29, 1.82) is 0 Å². The first kappa shape index (κ1) is 19.4. The molecule has 0 spiro atoms. The fraction of sp³-hybridized carbons (Fsp3) is 0.231. The Kier molecular flexibility index (Phi) is 5.78. The molecule has 29 heavy (non-hydrogen) atoms. The summed E-state index contributed by atoms with van der Waals surface area (Å²) in [5, 5.41) is 20.9. The van der Waals surface area contributed by atoms with E-state index in [1.165, 1.54) is 10.5 Å². The summed E-state index contributed by atoms with van der Waals surface area (Å²) in [4.78, 5) is 1.21. The summed E-state index contributed by atoms with van der Waals surface area (Å²) in [6, 6.07) is 26.3. The Morgan fingerprint density at radius 1 is 0.759 bits per heavy atom. The molecule has 3 nitrogen and oxygen atoms in total. The monoisotopic (exact) mass is 384 g/mol. The van der Waals surface area contributed by atoms with E-state index in [0.29, 0.717) is 19.5 Å². The summed E-state index contributed by atoms with van der Waals surface area (Å²) in [7, 11) is 0. The van der Waals surface area contributed by atoms with Crippen LogP contribution in [0.25, 0.3) is 11.1 Å². The third kappa shape index (κ3) is 3.97. The van der Waals surface area contributed by atoms with E-state index in [1.54, 1.807) is 0 Å². The van der Waals surface area contributed by atoms with Gasteiger partial charge in [-0.2, -0.15) is 0 Å². The van der Waals surface area contributed by atoms with Gasteiger partial charge in [0, 0.05) is 12.0 Å². The minimum absolute atomic E-state index is 0.133. The Hall–Kier alpha value is -2.90. The van der Waals surface area contributed by atoms with E-state index < -0.39 is 5.60 Å². The average molecular weight is 384 g/mol. The van der Waals surface area contributed by atoms with E-state index in [1.807, 2.05) is 54.6 Å². The van der Waals surface area contributed by atoms with Gasteiger partial charge in [-0.1, -0.05) is 84.8 Å². The number of aliphatic hydroxyl groups is 2. The molecule has 3 heteroatoms. The van der Waals surface area contributed by atoms with Crippen molar-refractivity contribution in [2.24, 2.45) is 0 Å². The zero-order valence-electron chi connectivity index (χ0n) is 16.4. The summed E-state index contributed by atoms with van der Waals surface area (Å²) in [6.45, 7) is 2.24. The van der Waals surface area contributed by atoms with Gasteiger partial charge in [0.25, 0.3) is 0 Å². The number of fused-ring (bicyclic) bond motifs is 3. The van der Waals surface area contributed by atoms with Gasteiger partial charge in [0.2, 0.25) is 0 Å². The SMILES string of the molecule is OCC[NH+](CC#CCC1(O)c2ccccc2-c2ccccc21)Cc1ccccc1. The van der Waals surface area contributed by atoms with Gasteiger partial charge in [-0.3, -0.25) is 0 Å². The fourth-order valence-electron chi connectivity index (χ4n) is 4.15. The first-order valence-corrected chi connectivity index (χ1v) is 10.1. The molecule has 3 aromatic rings. The lowest BCUT2D eigenvalue weighted by molar-refractivity contribution is -0.907. The van der Waals surface area contributed by atoms with Crippen LogP contribution < -0.4 is 4.90 Å². The Morgan fingerprint density at radius 2 is 1.34 bits per heavy atom. The lowest BCUT2D eigenvalue weighted by atomic mass is 9.88. The van der Waals surface area contributed by atoms with Crippen LogP contribution in [0.4, 0.5) is 0 Å². The number of rotatable bonds is 6. The number of quaternary nitrogens is 1. The molecule has 0 radical (unpaired) electrons. The summed E-state index contributed by atoms with van der Waals surface area (Å²) in [6.07, 6.45) is 0.360. The van der Waals surface area contributed by atoms with E-state index in [4.69, 9.17) is 0 Å². The molecule has 0 amide bonds. The number of hydrogen-bond acceptors (Lipinski definition) is 2. The van der Waals surface area contributed by atoms with Crippen molar-refractivity contribution < 1.29 is 15.1 Å². The molecular weight excluding hydrogens is 358 g/mol. The second-order valence-electron chi connectivity index (χ2n) is 7.54. The molecule has 0 fully saturated rings. The Labute approximate surface area is 172 Å². The van der Waals surface area contributed by atoms with Crippen molar-refractivity contribution in [1.82, 2.24) is 0 Å². The maximum atomic E-state index is 11.6. The van der Waals surface area contributed by atoms with Gasteiger partial charge in [0.15, 0.2) is 0 Å². The first-order chi connectivity index (χ1) is 14.2. The molecule has 1 aliphatic carbocycles. The molecule has 1 atom stereocenters. The molecule has 0 aliphatic heterocycles. The van der Waals surface area contributed by atoms with Crippen LogP contribution in [0, 0.1) is 11.8 Å². The second kappa shape index (κ2) is 8.63. The smallest absolute Gasteiger partial charge is 0.139 e. The first-order valence-electron chi connectivity index (χ1n) is 10.1. The van der Waals surface area contributed by atoms with E-state index in [0.717, 1.165) is 28.8 Å². The third-order valence-corrected chi connectivity index (χ3v) is 5.61. The quantitative estimate of drug-likeness (QED) is 0.572. The molecule has 0 saturated carbocycles. The highest BCUT2D eigenvalue weighted by Gasteiger charge is 2.40. The fourth-order valence-corrected chi connectivity index (χ4v) is 4.15. The van der Waals surface area contributed by atoms with E-state index in [-0.39, 0.29) is 6.61 Å². The number of hydrogen-bond donors (Lipinski definition) is 3. The zero-order chi connectivity index (χ0) is 20.1. The summed E-state index contributed by atoms with van der Waals surface area (Å²) in [5.74, 6) is 6.47. The van der Waals surface area contributed by atoms with Gasteiger partial charge in [0.05, 0.1) is 6.61 Å². The van der Waals surface area contributed by atoms with Crippen molar-refractivity contribution >= 4 is 0 Å². The van der Waals surface area contributed by atoms with Crippen LogP contribution in [0.5, 0.6) is 0 Å². The minimum atomic E-state index is -1.07. The minimum Gasteiger partial charge on any atom is -0.391 e. The molecule has 0 bridgehead atoms. The van der Waals surface area contributed by atoms with Crippen LogP contribution in [0.2, 0.25) is 0 Å². The molecule has 146 valence electrons. The van der Waals surface area contributed by atoms with Gasteiger partial charge in [-0.25, -0.2) is 0 Å². The van der Waals surface area contributed by atoms with Crippen LogP contribution in [0.3, 0.4) is 0 Å². The number of benzene rings is 3. The van der Waals surface area contributed by atoms with Crippen LogP contribution in [-0.4, -0.2) is 29.9 Å². The van der Waals surface area contributed by atoms with Crippen LogP contribution in [0.15, 0.2) is 78.9 Å². The molecule has 1 unspecified atom stereocenters. The van der Waals surface area contributed by atoms with Gasteiger partial charge in [-0.15, -0.1) is 0 Å². The summed E-state index contributed by atoms with van der Waals surface area (Å²) < 4.78 is 0. The normalized spacial score (nSPS) is 14.4. The van der Waals surface area contributed by atoms with Gasteiger partial charge in [-0.05, 0) is 28.2 Å². The van der Waals surface area contributed by atoms with Gasteiger partial charge in [0.1, 0.15) is 25.2 Å². The Morgan fingerprint density at radius 3 is 1.97 bits per heavy atom. The highest BCUT2D eigenvalue weighted by molar-refractivity contribution is 5.80. The van der Waals surface area contributed by atoms with E-state index in [2.05, 4.69) is 36.1 Å². The average Bonchev–Trinajstić information content (AvgIpc) is 3.02. The van der Waals surface area contributed by atoms with Gasteiger partial charge < -0.3 is 15.1 Å². The largest absolute Gasteiger partial charge is 0.391 e. The molecule has 3 aromatic carbocycles. The topological polar surface area (TPSA) is 44.9 Å². The van der Waals surface area contributed by atoms with Crippen molar-refractivity contribution in [3.8, 4) is 23.0 Å². The number of aliphatic hydroxyl groups excluding tert-OH is 1. The van der Waals surface area contributed by atoms with E-state index >= 15 is 0 Å². The van der Waals surface area contributed by atoms with Crippen molar-refractivity contribution in [3.63, 3.8) is 0 Å². The van der Waals surface area contributed by atoms with Crippen molar-refractivity contribution in [2.45, 2.75) is 18.6 Å². The molecule has 0 aromatic heterocycles. The predicted molar refractivity (Wildman–Crippen MR) is 115 cm³/mol. The van der Waals surface area contributed by atoms with Crippen LogP contribution in [0.1, 0.15) is 23.1 Å². The Balaban J connectivity index is 1.51. The lowest BCUT2D eigenvalue weighted by Crippen LogP contribution is -3.11. The summed E-state index contributed by atoms with van der Waals surface area (Å²) in [5.41, 5.74) is 4.19. The van der Waals surface area contributed by atoms with E-state index in [9.17, 15) is 10.2 Å². The maximum Gasteiger partial charge on any atom is 0.139 e. The molecule has 4 rings (SSSR count).